The summed E-state index contributed by atoms with van der Waals surface area (Å²) in [5.74, 6) is 0.272. The lowest BCUT2D eigenvalue weighted by Crippen LogP contribution is -2.45. The molecule has 9 nitrogen and oxygen atoms in total. The Bertz CT molecular complexity index is 1400. The van der Waals surface area contributed by atoms with Crippen molar-refractivity contribution in [3.05, 3.63) is 58.7 Å². The highest BCUT2D eigenvalue weighted by molar-refractivity contribution is 5.93. The van der Waals surface area contributed by atoms with Crippen molar-refractivity contribution in [2.24, 2.45) is 0 Å². The summed E-state index contributed by atoms with van der Waals surface area (Å²) < 4.78 is 33.2. The molecule has 0 unspecified atom stereocenters. The normalized spacial score (nSPS) is 18.2. The molecular weight excluding hydrogens is 515 g/mol. The molecule has 0 radical (unpaired) electrons. The van der Waals surface area contributed by atoms with Gasteiger partial charge in [0.25, 0.3) is 5.91 Å². The second kappa shape index (κ2) is 11.8. The molecule has 1 fully saturated rings. The topological polar surface area (TPSA) is 94.4 Å². The van der Waals surface area contributed by atoms with Gasteiger partial charge in [0.1, 0.15) is 28.7 Å². The number of carbonyl (C=O) groups excluding carboxylic acids is 2. The number of carbonyl (C=O) groups is 2. The SMILES string of the molecule is COC(=O)Cc1c(C)cc2nc3cn2c1N1CCC(C)(CC1)OCCCCCOc1ccc(F)cc1CNC3=O. The number of esters is 1. The molecule has 4 bridgehead atoms. The largest absolute Gasteiger partial charge is 0.493 e. The zero-order valence-electron chi connectivity index (χ0n) is 23.4. The van der Waals surface area contributed by atoms with Crippen LogP contribution in [-0.4, -0.2) is 60.3 Å². The van der Waals surface area contributed by atoms with Crippen molar-refractivity contribution in [3.8, 4) is 5.75 Å². The van der Waals surface area contributed by atoms with Gasteiger partial charge in [0.15, 0.2) is 0 Å². The third-order valence-corrected chi connectivity index (χ3v) is 7.91. The number of amides is 1. The second-order valence-electron chi connectivity index (χ2n) is 10.9. The number of methoxy groups -OCH3 is 1. The summed E-state index contributed by atoms with van der Waals surface area (Å²) in [7, 11) is 1.38. The molecule has 1 aromatic carbocycles. The smallest absolute Gasteiger partial charge is 0.310 e. The van der Waals surface area contributed by atoms with Crippen molar-refractivity contribution < 1.29 is 28.2 Å². The molecule has 0 aliphatic carbocycles. The third-order valence-electron chi connectivity index (χ3n) is 7.91. The standard InChI is InChI=1S/C30H37FN4O5/c1-20-15-26-33-24-19-35(26)29(23(20)17-27(36)38-3)34-11-9-30(2,10-12-34)40-14-6-4-5-13-39-25-8-7-22(31)16-21(25)18-32-28(24)37/h7-8,15-16,19H,4-6,9-14,17-18H2,1-3H3,(H,32,37). The van der Waals surface area contributed by atoms with E-state index in [4.69, 9.17) is 14.2 Å². The highest BCUT2D eigenvalue weighted by Gasteiger charge is 2.33. The van der Waals surface area contributed by atoms with E-state index in [1.807, 2.05) is 17.4 Å². The van der Waals surface area contributed by atoms with E-state index in [0.717, 1.165) is 62.1 Å². The summed E-state index contributed by atoms with van der Waals surface area (Å²) in [5, 5.41) is 2.87. The number of ether oxygens (including phenoxy) is 3. The van der Waals surface area contributed by atoms with Crippen LogP contribution >= 0.6 is 0 Å². The van der Waals surface area contributed by atoms with Gasteiger partial charge in [-0.2, -0.15) is 0 Å². The Labute approximate surface area is 233 Å². The molecule has 2 aromatic heterocycles. The van der Waals surface area contributed by atoms with Gasteiger partial charge in [-0.25, -0.2) is 9.37 Å². The molecule has 1 N–H and O–H groups in total. The van der Waals surface area contributed by atoms with E-state index in [1.54, 1.807) is 12.3 Å². The Morgan fingerprint density at radius 3 is 2.73 bits per heavy atom. The van der Waals surface area contributed by atoms with E-state index in [9.17, 15) is 14.0 Å². The minimum Gasteiger partial charge on any atom is -0.493 e. The van der Waals surface area contributed by atoms with E-state index < -0.39 is 5.82 Å². The first-order valence-electron chi connectivity index (χ1n) is 13.9. The van der Waals surface area contributed by atoms with Crippen LogP contribution in [0.1, 0.15) is 66.2 Å². The molecular formula is C30H37FN4O5. The molecule has 214 valence electrons. The Hall–Kier alpha value is -3.66. The van der Waals surface area contributed by atoms with E-state index in [1.165, 1.54) is 19.2 Å². The predicted molar refractivity (Wildman–Crippen MR) is 148 cm³/mol. The average molecular weight is 553 g/mol. The summed E-state index contributed by atoms with van der Waals surface area (Å²) in [6.07, 6.45) is 6.20. The summed E-state index contributed by atoms with van der Waals surface area (Å²) >= 11 is 0. The van der Waals surface area contributed by atoms with E-state index in [2.05, 4.69) is 22.1 Å². The highest BCUT2D eigenvalue weighted by atomic mass is 19.1. The van der Waals surface area contributed by atoms with Crippen LogP contribution in [0.2, 0.25) is 0 Å². The van der Waals surface area contributed by atoms with Gasteiger partial charge in [-0.1, -0.05) is 0 Å². The number of pyridine rings is 1. The van der Waals surface area contributed by atoms with Gasteiger partial charge < -0.3 is 24.4 Å². The van der Waals surface area contributed by atoms with Crippen LogP contribution < -0.4 is 15.0 Å². The number of fused-ring (bicyclic) bond motifs is 10. The zero-order chi connectivity index (χ0) is 28.3. The lowest BCUT2D eigenvalue weighted by Gasteiger charge is -2.41. The highest BCUT2D eigenvalue weighted by Crippen LogP contribution is 2.34. The minimum absolute atomic E-state index is 0.0951. The number of aryl methyl sites for hydroxylation is 1. The molecule has 0 spiro atoms. The maximum absolute atomic E-state index is 14.0. The number of rotatable bonds is 2. The molecule has 10 heteroatoms. The number of benzene rings is 1. The molecule has 5 heterocycles. The number of nitrogens with zero attached hydrogens (tertiary/aromatic N) is 3. The van der Waals surface area contributed by atoms with Gasteiger partial charge in [-0.15, -0.1) is 0 Å². The van der Waals surface area contributed by atoms with Crippen molar-refractivity contribution in [2.75, 3.05) is 38.3 Å². The van der Waals surface area contributed by atoms with Crippen LogP contribution in [0.3, 0.4) is 0 Å². The number of hydrogen-bond donors (Lipinski definition) is 1. The number of piperidine rings is 1. The van der Waals surface area contributed by atoms with Crippen LogP contribution in [0.5, 0.6) is 5.75 Å². The maximum Gasteiger partial charge on any atom is 0.310 e. The van der Waals surface area contributed by atoms with Crippen molar-refractivity contribution in [1.82, 2.24) is 14.7 Å². The Kier molecular flexibility index (Phi) is 8.25. The molecule has 1 saturated heterocycles. The van der Waals surface area contributed by atoms with Gasteiger partial charge in [-0.3, -0.25) is 14.0 Å². The van der Waals surface area contributed by atoms with Crippen LogP contribution in [0.25, 0.3) is 5.65 Å². The fourth-order valence-electron chi connectivity index (χ4n) is 5.47. The lowest BCUT2D eigenvalue weighted by atomic mass is 9.92. The Morgan fingerprint density at radius 2 is 1.95 bits per heavy atom. The molecule has 6 rings (SSSR count). The lowest BCUT2D eigenvalue weighted by molar-refractivity contribution is -0.139. The summed E-state index contributed by atoms with van der Waals surface area (Å²) in [6.45, 7) is 6.85. The maximum atomic E-state index is 14.0. The first kappa shape index (κ1) is 27.9. The number of imidazole rings is 1. The molecule has 40 heavy (non-hydrogen) atoms. The van der Waals surface area contributed by atoms with E-state index in [0.29, 0.717) is 30.2 Å². The molecule has 1 amide bonds. The average Bonchev–Trinajstić information content (AvgIpc) is 3.36. The molecule has 3 aliphatic rings. The van der Waals surface area contributed by atoms with Crippen molar-refractivity contribution in [3.63, 3.8) is 0 Å². The first-order chi connectivity index (χ1) is 19.3. The van der Waals surface area contributed by atoms with Gasteiger partial charge in [-0.05, 0) is 75.8 Å². The number of halogens is 1. The third kappa shape index (κ3) is 6.06. The number of hydrogen-bond acceptors (Lipinski definition) is 7. The van der Waals surface area contributed by atoms with Crippen molar-refractivity contribution >= 4 is 23.3 Å². The molecule has 0 saturated carbocycles. The van der Waals surface area contributed by atoms with Crippen LogP contribution in [0.4, 0.5) is 10.2 Å². The zero-order valence-corrected chi connectivity index (χ0v) is 23.4. The first-order valence-corrected chi connectivity index (χ1v) is 13.9. The van der Waals surface area contributed by atoms with Crippen LogP contribution in [0, 0.1) is 12.7 Å². The summed E-state index contributed by atoms with van der Waals surface area (Å²) in [5.41, 5.74) is 2.91. The van der Waals surface area contributed by atoms with Gasteiger partial charge in [0.05, 0.1) is 25.7 Å². The Balaban J connectivity index is 1.53. The van der Waals surface area contributed by atoms with Crippen molar-refractivity contribution in [1.29, 1.82) is 0 Å². The quantitative estimate of drug-likeness (QED) is 0.472. The number of aromatic nitrogens is 2. The Morgan fingerprint density at radius 1 is 1.18 bits per heavy atom. The van der Waals surface area contributed by atoms with Crippen LogP contribution in [-0.2, 0) is 27.2 Å². The monoisotopic (exact) mass is 552 g/mol. The second-order valence-corrected chi connectivity index (χ2v) is 10.9. The fourth-order valence-corrected chi connectivity index (χ4v) is 5.47. The molecule has 0 atom stereocenters. The van der Waals surface area contributed by atoms with Gasteiger partial charge in [0.2, 0.25) is 0 Å². The number of nitrogens with one attached hydrogen (secondary N) is 1. The van der Waals surface area contributed by atoms with Gasteiger partial charge in [0, 0.05) is 43.6 Å². The van der Waals surface area contributed by atoms with E-state index in [-0.39, 0.29) is 36.1 Å². The van der Waals surface area contributed by atoms with Crippen molar-refractivity contribution in [2.45, 2.75) is 64.5 Å². The van der Waals surface area contributed by atoms with Gasteiger partial charge >= 0.3 is 5.97 Å². The molecule has 3 aromatic rings. The van der Waals surface area contributed by atoms with Crippen LogP contribution in [0.15, 0.2) is 30.5 Å². The number of anilines is 1. The summed E-state index contributed by atoms with van der Waals surface area (Å²) in [6, 6.07) is 6.21. The molecule has 3 aliphatic heterocycles. The minimum atomic E-state index is -0.396. The predicted octanol–water partition coefficient (Wildman–Crippen LogP) is 4.37. The fraction of sp³-hybridized carbons (Fsp3) is 0.500. The van der Waals surface area contributed by atoms with E-state index >= 15 is 0 Å². The summed E-state index contributed by atoms with van der Waals surface area (Å²) in [4.78, 5) is 32.5.